The second-order valence-electron chi connectivity index (χ2n) is 17.1. The number of nitrogens with one attached hydrogen (secondary N) is 1. The van der Waals surface area contributed by atoms with E-state index < -0.39 is 19.3 Å². The Labute approximate surface area is 310 Å². The minimum absolute atomic E-state index is 0.153. The summed E-state index contributed by atoms with van der Waals surface area (Å²) in [5.41, 5.74) is 0.573. The molecule has 3 fully saturated rings. The van der Waals surface area contributed by atoms with Crippen LogP contribution in [0.25, 0.3) is 0 Å². The molecule has 7 nitrogen and oxygen atoms in total. The smallest absolute Gasteiger partial charge is 0.336 e. The normalized spacial score (nSPS) is 31.6. The fourth-order valence-electron chi connectivity index (χ4n) is 10.8. The van der Waals surface area contributed by atoms with E-state index in [9.17, 15) is 9.59 Å². The molecule has 2 aliphatic carbocycles. The van der Waals surface area contributed by atoms with Crippen LogP contribution in [0.15, 0.2) is 103 Å². The van der Waals surface area contributed by atoms with Crippen molar-refractivity contribution in [3.63, 3.8) is 0 Å². The van der Waals surface area contributed by atoms with Gasteiger partial charge in [-0.2, -0.15) is 0 Å². The van der Waals surface area contributed by atoms with Crippen LogP contribution in [0.4, 0.5) is 5.69 Å². The minimum Gasteiger partial charge on any atom is -0.462 e. The highest BCUT2D eigenvalue weighted by molar-refractivity contribution is 6.99. The van der Waals surface area contributed by atoms with Gasteiger partial charge in [-0.25, -0.2) is 4.79 Å². The van der Waals surface area contributed by atoms with Crippen LogP contribution in [0.5, 0.6) is 0 Å². The first kappa shape index (κ1) is 36.6. The number of hydrogen-bond donors (Lipinski definition) is 1. The van der Waals surface area contributed by atoms with Crippen molar-refractivity contribution in [1.29, 1.82) is 0 Å². The maximum atomic E-state index is 12.9. The Morgan fingerprint density at radius 2 is 1.50 bits per heavy atom. The quantitative estimate of drug-likeness (QED) is 0.172. The first-order chi connectivity index (χ1) is 24.8. The Kier molecular flexibility index (Phi) is 9.81. The molecule has 2 aliphatic heterocycles. The summed E-state index contributed by atoms with van der Waals surface area (Å²) in [6.07, 6.45) is 5.37. The van der Waals surface area contributed by atoms with Crippen LogP contribution in [0.3, 0.4) is 0 Å². The summed E-state index contributed by atoms with van der Waals surface area (Å²) in [5, 5.41) is 5.99. The summed E-state index contributed by atoms with van der Waals surface area (Å²) >= 11 is 0. The highest BCUT2D eigenvalue weighted by Crippen LogP contribution is 2.67. The third-order valence-electron chi connectivity index (χ3n) is 13.2. The number of carbonyl (C=O) groups is 2. The molecule has 0 radical (unpaired) electrons. The Balaban J connectivity index is 1.29. The monoisotopic (exact) mass is 721 g/mol. The van der Waals surface area contributed by atoms with Crippen molar-refractivity contribution in [1.82, 2.24) is 0 Å². The van der Waals surface area contributed by atoms with E-state index in [2.05, 4.69) is 113 Å². The maximum absolute atomic E-state index is 12.9. The van der Waals surface area contributed by atoms with E-state index in [1.165, 1.54) is 17.3 Å². The summed E-state index contributed by atoms with van der Waals surface area (Å²) in [6.45, 7) is 14.6. The molecule has 0 amide bonds. The van der Waals surface area contributed by atoms with E-state index in [1.807, 2.05) is 24.3 Å². The Bertz CT molecular complexity index is 1740. The van der Waals surface area contributed by atoms with Crippen molar-refractivity contribution in [3.05, 3.63) is 103 Å². The molecular weight excluding hydrogens is 667 g/mol. The zero-order chi connectivity index (χ0) is 36.8. The molecule has 4 aliphatic rings. The molecule has 3 aromatic carbocycles. The Hall–Kier alpha value is -3.72. The molecule has 1 N–H and O–H groups in total. The fourth-order valence-corrected chi connectivity index (χ4v) is 15.5. The summed E-state index contributed by atoms with van der Waals surface area (Å²) in [6, 6.07) is 31.8. The van der Waals surface area contributed by atoms with Crippen LogP contribution in [0.1, 0.15) is 73.6 Å². The molecule has 7 atom stereocenters. The second kappa shape index (κ2) is 13.9. The summed E-state index contributed by atoms with van der Waals surface area (Å²) in [7, 11) is -2.89. The van der Waals surface area contributed by atoms with Crippen molar-refractivity contribution in [2.75, 3.05) is 25.1 Å². The van der Waals surface area contributed by atoms with Gasteiger partial charge in [0.2, 0.25) is 0 Å². The minimum atomic E-state index is -2.89. The van der Waals surface area contributed by atoms with Crippen molar-refractivity contribution in [2.45, 2.75) is 96.5 Å². The molecular formula is C44H55NO6Si. The second-order valence-corrected chi connectivity index (χ2v) is 21.4. The van der Waals surface area contributed by atoms with Crippen LogP contribution in [-0.4, -0.2) is 57.8 Å². The fraction of sp³-hybridized carbons (Fsp3) is 0.500. The average Bonchev–Trinajstić information content (AvgIpc) is 3.74. The van der Waals surface area contributed by atoms with Crippen LogP contribution in [-0.2, 0) is 28.2 Å². The highest BCUT2D eigenvalue weighted by Gasteiger charge is 2.68. The lowest BCUT2D eigenvalue weighted by molar-refractivity contribution is -0.209. The highest BCUT2D eigenvalue weighted by atomic mass is 28.4. The number of esters is 2. The van der Waals surface area contributed by atoms with Crippen LogP contribution >= 0.6 is 0 Å². The van der Waals surface area contributed by atoms with Gasteiger partial charge in [0.1, 0.15) is 12.7 Å². The van der Waals surface area contributed by atoms with Crippen LogP contribution in [0.2, 0.25) is 5.04 Å². The molecule has 276 valence electrons. The van der Waals surface area contributed by atoms with Crippen molar-refractivity contribution in [2.24, 2.45) is 22.7 Å². The van der Waals surface area contributed by atoms with Gasteiger partial charge in [0.25, 0.3) is 8.32 Å². The number of hydrogen-bond acceptors (Lipinski definition) is 7. The van der Waals surface area contributed by atoms with Crippen molar-refractivity contribution >= 4 is 36.3 Å². The van der Waals surface area contributed by atoms with Gasteiger partial charge >= 0.3 is 11.9 Å². The molecule has 2 saturated carbocycles. The molecule has 0 bridgehead atoms. The van der Waals surface area contributed by atoms with Crippen molar-refractivity contribution < 1.29 is 28.2 Å². The van der Waals surface area contributed by atoms with E-state index in [0.717, 1.165) is 37.8 Å². The third-order valence-corrected chi connectivity index (χ3v) is 18.2. The van der Waals surface area contributed by atoms with Gasteiger partial charge in [-0.3, -0.25) is 4.79 Å². The van der Waals surface area contributed by atoms with Gasteiger partial charge < -0.3 is 24.0 Å². The topological polar surface area (TPSA) is 83.1 Å². The van der Waals surface area contributed by atoms with E-state index in [1.54, 1.807) is 0 Å². The molecule has 8 heteroatoms. The first-order valence-corrected chi connectivity index (χ1v) is 21.0. The lowest BCUT2D eigenvalue weighted by Gasteiger charge is -2.63. The van der Waals surface area contributed by atoms with Gasteiger partial charge in [0.05, 0.1) is 17.3 Å². The zero-order valence-corrected chi connectivity index (χ0v) is 32.7. The van der Waals surface area contributed by atoms with Crippen molar-refractivity contribution in [3.8, 4) is 0 Å². The molecule has 0 unspecified atom stereocenters. The number of rotatable bonds is 10. The lowest BCUT2D eigenvalue weighted by Crippen LogP contribution is -2.69. The number of fused-ring (bicyclic) bond motifs is 3. The summed E-state index contributed by atoms with van der Waals surface area (Å²) in [5.74, 6) is -0.185. The van der Waals surface area contributed by atoms with Gasteiger partial charge in [-0.1, -0.05) is 113 Å². The summed E-state index contributed by atoms with van der Waals surface area (Å²) < 4.78 is 26.5. The van der Waals surface area contributed by atoms with Crippen LogP contribution in [0, 0.1) is 22.7 Å². The predicted octanol–water partition coefficient (Wildman–Crippen LogP) is 7.45. The van der Waals surface area contributed by atoms with E-state index >= 15 is 0 Å². The molecule has 3 aromatic rings. The average molecular weight is 722 g/mol. The number of anilines is 1. The van der Waals surface area contributed by atoms with Gasteiger partial charge in [-0.15, -0.1) is 0 Å². The maximum Gasteiger partial charge on any atom is 0.336 e. The molecule has 2 heterocycles. The largest absolute Gasteiger partial charge is 0.462 e. The number of carbonyl (C=O) groups excluding carboxylic acids is 2. The molecule has 0 spiro atoms. The molecule has 7 rings (SSSR count). The molecule has 52 heavy (non-hydrogen) atoms. The number of benzene rings is 3. The SMILES string of the molecule is CC(=O)O[C@@H]1CC[C@]2(C)[C@H](CC[C@]3(CNc4ccccc4)O[C@H](C4=CCOC4=O)C[C@H]32)[C@]1(C)CO[Si](c1ccccc1)(c1ccccc1)C(C)(C)C. The number of para-hydroxylation sites is 1. The zero-order valence-electron chi connectivity index (χ0n) is 31.7. The lowest BCUT2D eigenvalue weighted by atomic mass is 9.44. The first-order valence-electron chi connectivity index (χ1n) is 19.1. The van der Waals surface area contributed by atoms with E-state index in [4.69, 9.17) is 18.6 Å². The van der Waals surface area contributed by atoms with Gasteiger partial charge in [-0.05, 0) is 83.0 Å². The standard InChI is InChI=1S/C44H55NO6Si/c1-31(46)50-39-23-25-42(5)37(43(39,6)30-49-52(41(2,3)4,33-18-12-8-13-19-33)34-20-14-9-15-21-34)22-26-44(29-45-32-16-10-7-11-17-32)38(42)28-36(51-44)35-24-27-48-40(35)47/h7-21,24,36-39,45H,22-23,25-30H2,1-6H3/t36-,37-,38-,39+,42+,43-,44+/m0/s1. The molecule has 0 aromatic heterocycles. The Morgan fingerprint density at radius 3 is 2.06 bits per heavy atom. The number of ether oxygens (including phenoxy) is 3. The third kappa shape index (κ3) is 6.24. The van der Waals surface area contributed by atoms with Crippen LogP contribution < -0.4 is 15.7 Å². The van der Waals surface area contributed by atoms with Gasteiger partial charge in [0, 0.05) is 31.2 Å². The van der Waals surface area contributed by atoms with Gasteiger partial charge in [0.15, 0.2) is 0 Å². The van der Waals surface area contributed by atoms with E-state index in [-0.39, 0.29) is 46.4 Å². The summed E-state index contributed by atoms with van der Waals surface area (Å²) in [4.78, 5) is 25.7. The van der Waals surface area contributed by atoms with E-state index in [0.29, 0.717) is 25.3 Å². The Morgan fingerprint density at radius 1 is 0.885 bits per heavy atom. The molecule has 1 saturated heterocycles. The number of cyclic esters (lactones) is 1. The predicted molar refractivity (Wildman–Crippen MR) is 207 cm³/mol.